The third-order valence-electron chi connectivity index (χ3n) is 1.43. The molecule has 2 saturated heterocycles. The summed E-state index contributed by atoms with van der Waals surface area (Å²) in [5, 5.41) is 5.62. The van der Waals surface area contributed by atoms with E-state index in [1.807, 2.05) is 0 Å². The van der Waals surface area contributed by atoms with Crippen molar-refractivity contribution >= 4 is 5.91 Å². The highest BCUT2D eigenvalue weighted by atomic mass is 16.5. The van der Waals surface area contributed by atoms with Crippen LogP contribution in [-0.4, -0.2) is 45.5 Å². The summed E-state index contributed by atoms with van der Waals surface area (Å²) in [5.41, 5.74) is 0. The normalized spacial score (nSPS) is 22.5. The van der Waals surface area contributed by atoms with E-state index >= 15 is 0 Å². The van der Waals surface area contributed by atoms with Crippen LogP contribution in [0.4, 0.5) is 0 Å². The van der Waals surface area contributed by atoms with Crippen molar-refractivity contribution in [3.05, 3.63) is 0 Å². The Morgan fingerprint density at radius 3 is 2.25 bits per heavy atom. The molecule has 0 aromatic heterocycles. The molecule has 0 bridgehead atoms. The molecule has 0 aromatic carbocycles. The van der Waals surface area contributed by atoms with E-state index < -0.39 is 0 Å². The highest BCUT2D eigenvalue weighted by Gasteiger charge is 2.04. The van der Waals surface area contributed by atoms with Crippen LogP contribution in [-0.2, 0) is 14.3 Å². The molecule has 0 saturated carbocycles. The first-order chi connectivity index (χ1) is 5.89. The lowest BCUT2D eigenvalue weighted by Crippen LogP contribution is -2.36. The summed E-state index contributed by atoms with van der Waals surface area (Å²) in [6.45, 7) is 4.23. The summed E-state index contributed by atoms with van der Waals surface area (Å²) < 4.78 is 9.60. The van der Waals surface area contributed by atoms with Gasteiger partial charge in [-0.1, -0.05) is 0 Å². The number of rotatable bonds is 0. The number of hydrogen-bond donors (Lipinski definition) is 2. The summed E-state index contributed by atoms with van der Waals surface area (Å²) in [6, 6.07) is 0. The molecule has 0 aromatic rings. The number of ether oxygens (including phenoxy) is 2. The predicted molar refractivity (Wildman–Crippen MR) is 42.7 cm³/mol. The third-order valence-corrected chi connectivity index (χ3v) is 1.43. The first-order valence-electron chi connectivity index (χ1n) is 4.02. The van der Waals surface area contributed by atoms with Gasteiger partial charge < -0.3 is 14.8 Å². The van der Waals surface area contributed by atoms with Crippen LogP contribution >= 0.6 is 0 Å². The van der Waals surface area contributed by atoms with Gasteiger partial charge in [-0.15, -0.1) is 0 Å². The second-order valence-electron chi connectivity index (χ2n) is 2.46. The number of hydrogen-bond acceptors (Lipinski definition) is 4. The fourth-order valence-corrected chi connectivity index (χ4v) is 0.839. The van der Waals surface area contributed by atoms with E-state index in [9.17, 15) is 4.79 Å². The van der Waals surface area contributed by atoms with Gasteiger partial charge in [0, 0.05) is 13.1 Å². The predicted octanol–water partition coefficient (Wildman–Crippen LogP) is -1.30. The van der Waals surface area contributed by atoms with Crippen LogP contribution in [0.15, 0.2) is 0 Å². The van der Waals surface area contributed by atoms with E-state index in [4.69, 9.17) is 9.47 Å². The second-order valence-corrected chi connectivity index (χ2v) is 2.46. The lowest BCUT2D eigenvalue weighted by atomic mass is 10.5. The first-order valence-corrected chi connectivity index (χ1v) is 4.02. The lowest BCUT2D eigenvalue weighted by molar-refractivity contribution is -0.128. The summed E-state index contributed by atoms with van der Waals surface area (Å²) >= 11 is 0. The highest BCUT2D eigenvalue weighted by molar-refractivity contribution is 5.77. The minimum Gasteiger partial charge on any atom is -0.370 e. The number of carbonyl (C=O) groups excluding carboxylic acids is 1. The van der Waals surface area contributed by atoms with Crippen LogP contribution in [0.5, 0.6) is 0 Å². The van der Waals surface area contributed by atoms with Crippen LogP contribution in [0.25, 0.3) is 0 Å². The van der Waals surface area contributed by atoms with E-state index in [2.05, 4.69) is 10.6 Å². The Kier molecular flexibility index (Phi) is 4.67. The van der Waals surface area contributed by atoms with Crippen molar-refractivity contribution in [1.29, 1.82) is 0 Å². The molecule has 0 spiro atoms. The smallest absolute Gasteiger partial charge is 0.246 e. The van der Waals surface area contributed by atoms with E-state index in [1.54, 1.807) is 0 Å². The maximum atomic E-state index is 10.2. The Bertz CT molecular complexity index is 121. The molecule has 0 atom stereocenters. The van der Waals surface area contributed by atoms with Crippen LogP contribution in [0.2, 0.25) is 0 Å². The van der Waals surface area contributed by atoms with E-state index in [0.29, 0.717) is 13.2 Å². The average Bonchev–Trinajstić information content (AvgIpc) is 2.62. The van der Waals surface area contributed by atoms with Gasteiger partial charge in [-0.3, -0.25) is 10.1 Å². The SMILES string of the molecule is C1COCN1.O=C1COCCN1. The van der Waals surface area contributed by atoms with Crippen molar-refractivity contribution in [2.75, 3.05) is 39.6 Å². The van der Waals surface area contributed by atoms with E-state index in [-0.39, 0.29) is 12.5 Å². The molecule has 2 rings (SSSR count). The molecule has 2 aliphatic rings. The summed E-state index contributed by atoms with van der Waals surface area (Å²) in [5.74, 6) is -0.00810. The zero-order valence-electron chi connectivity index (χ0n) is 6.97. The molecule has 2 aliphatic heterocycles. The molecule has 2 N–H and O–H groups in total. The molecule has 12 heavy (non-hydrogen) atoms. The number of amides is 1. The van der Waals surface area contributed by atoms with Crippen LogP contribution < -0.4 is 10.6 Å². The quantitative estimate of drug-likeness (QED) is 0.479. The van der Waals surface area contributed by atoms with Crippen LogP contribution in [0.1, 0.15) is 0 Å². The molecule has 2 fully saturated rings. The maximum Gasteiger partial charge on any atom is 0.246 e. The monoisotopic (exact) mass is 174 g/mol. The fraction of sp³-hybridized carbons (Fsp3) is 0.857. The van der Waals surface area contributed by atoms with Gasteiger partial charge in [0.25, 0.3) is 0 Å². The Morgan fingerprint density at radius 2 is 2.00 bits per heavy atom. The Morgan fingerprint density at radius 1 is 1.17 bits per heavy atom. The molecule has 0 unspecified atom stereocenters. The van der Waals surface area contributed by atoms with Crippen molar-refractivity contribution in [2.24, 2.45) is 0 Å². The molecule has 5 heteroatoms. The average molecular weight is 174 g/mol. The Labute approximate surface area is 71.4 Å². The lowest BCUT2D eigenvalue weighted by Gasteiger charge is -2.10. The zero-order chi connectivity index (χ0) is 8.65. The maximum absolute atomic E-state index is 10.2. The molecule has 70 valence electrons. The van der Waals surface area contributed by atoms with E-state index in [1.165, 1.54) is 0 Å². The summed E-state index contributed by atoms with van der Waals surface area (Å²) in [6.07, 6.45) is 0. The number of morpholine rings is 1. The highest BCUT2D eigenvalue weighted by Crippen LogP contribution is 1.79. The third kappa shape index (κ3) is 4.27. The molecular weight excluding hydrogens is 160 g/mol. The standard InChI is InChI=1S/C4H7NO2.C3H7NO/c6-4-3-7-2-1-5-4;1-2-5-3-4-1/h1-3H2,(H,5,6);4H,1-3H2. The number of nitrogens with one attached hydrogen (secondary N) is 2. The van der Waals surface area contributed by atoms with Crippen molar-refractivity contribution in [3.63, 3.8) is 0 Å². The van der Waals surface area contributed by atoms with Gasteiger partial charge in [0.05, 0.1) is 19.9 Å². The van der Waals surface area contributed by atoms with Gasteiger partial charge in [-0.2, -0.15) is 0 Å². The Hall–Kier alpha value is -0.650. The van der Waals surface area contributed by atoms with Gasteiger partial charge in [-0.25, -0.2) is 0 Å². The molecular formula is C7H14N2O3. The van der Waals surface area contributed by atoms with Crippen molar-refractivity contribution in [3.8, 4) is 0 Å². The van der Waals surface area contributed by atoms with Gasteiger partial charge >= 0.3 is 0 Å². The first kappa shape index (κ1) is 9.44. The Balaban J connectivity index is 0.000000127. The number of carbonyl (C=O) groups is 1. The topological polar surface area (TPSA) is 59.6 Å². The van der Waals surface area contributed by atoms with E-state index in [0.717, 1.165) is 19.9 Å². The van der Waals surface area contributed by atoms with Gasteiger partial charge in [0.15, 0.2) is 0 Å². The molecule has 2 heterocycles. The van der Waals surface area contributed by atoms with Crippen molar-refractivity contribution in [1.82, 2.24) is 10.6 Å². The molecule has 5 nitrogen and oxygen atoms in total. The molecule has 0 radical (unpaired) electrons. The fourth-order valence-electron chi connectivity index (χ4n) is 0.839. The van der Waals surface area contributed by atoms with Gasteiger partial charge in [0.2, 0.25) is 5.91 Å². The minimum atomic E-state index is -0.00810. The largest absolute Gasteiger partial charge is 0.370 e. The second kappa shape index (κ2) is 5.93. The van der Waals surface area contributed by atoms with Gasteiger partial charge in [0.1, 0.15) is 6.61 Å². The molecule has 1 amide bonds. The minimum absolute atomic E-state index is 0.00810. The van der Waals surface area contributed by atoms with Crippen LogP contribution in [0.3, 0.4) is 0 Å². The molecule has 0 aliphatic carbocycles. The van der Waals surface area contributed by atoms with Gasteiger partial charge in [-0.05, 0) is 0 Å². The van der Waals surface area contributed by atoms with Crippen molar-refractivity contribution in [2.45, 2.75) is 0 Å². The van der Waals surface area contributed by atoms with Crippen LogP contribution in [0, 0.1) is 0 Å². The summed E-state index contributed by atoms with van der Waals surface area (Å²) in [7, 11) is 0. The summed E-state index contributed by atoms with van der Waals surface area (Å²) in [4.78, 5) is 10.2. The van der Waals surface area contributed by atoms with Crippen molar-refractivity contribution < 1.29 is 14.3 Å². The zero-order valence-corrected chi connectivity index (χ0v) is 6.97.